The van der Waals surface area contributed by atoms with Crippen LogP contribution in [0.15, 0.2) is 60.7 Å². The lowest BCUT2D eigenvalue weighted by Crippen LogP contribution is -2.21. The lowest BCUT2D eigenvalue weighted by Gasteiger charge is -2.28. The van der Waals surface area contributed by atoms with E-state index in [0.29, 0.717) is 6.79 Å². The third-order valence-electron chi connectivity index (χ3n) is 4.20. The van der Waals surface area contributed by atoms with Gasteiger partial charge in [0.2, 0.25) is 6.79 Å². The quantitative estimate of drug-likeness (QED) is 0.527. The van der Waals surface area contributed by atoms with Crippen LogP contribution in [-0.4, -0.2) is 11.5 Å². The summed E-state index contributed by atoms with van der Waals surface area (Å²) in [5.41, 5.74) is 2.54. The Morgan fingerprint density at radius 2 is 1.83 bits per heavy atom. The molecule has 4 rings (SSSR count). The average molecular weight is 389 g/mol. The lowest BCUT2D eigenvalue weighted by molar-refractivity contribution is 0.174. The second kappa shape index (κ2) is 5.60. The molecule has 2 aliphatic rings. The number of rotatable bonds is 3. The standard InChI is InChI=1S/C19H17BrO2S/c1-18(12-14-5-3-2-4-6-14)9-10-19(20,23-18)15-7-8-16-17(11-15)22-13-21-16/h2-11H,12-13H2,1H3. The third-order valence-corrected chi connectivity index (χ3v) is 6.82. The summed E-state index contributed by atoms with van der Waals surface area (Å²) in [5, 5.41) is 0. The Kier molecular flexibility index (Phi) is 3.69. The summed E-state index contributed by atoms with van der Waals surface area (Å²) in [7, 11) is 0. The molecule has 2 heterocycles. The van der Waals surface area contributed by atoms with Crippen LogP contribution in [-0.2, 0) is 10.1 Å². The highest BCUT2D eigenvalue weighted by Crippen LogP contribution is 2.57. The molecule has 2 atom stereocenters. The monoisotopic (exact) mass is 388 g/mol. The van der Waals surface area contributed by atoms with Crippen molar-refractivity contribution in [3.63, 3.8) is 0 Å². The Hall–Kier alpha value is -1.39. The Bertz CT molecular complexity index is 761. The van der Waals surface area contributed by atoms with E-state index in [4.69, 9.17) is 9.47 Å². The van der Waals surface area contributed by atoms with Crippen LogP contribution in [0.4, 0.5) is 0 Å². The molecule has 0 fully saturated rings. The number of fused-ring (bicyclic) bond motifs is 1. The van der Waals surface area contributed by atoms with Crippen molar-refractivity contribution in [1.82, 2.24) is 0 Å². The molecule has 4 heteroatoms. The molecule has 0 saturated carbocycles. The van der Waals surface area contributed by atoms with Gasteiger partial charge in [-0.25, -0.2) is 0 Å². The third kappa shape index (κ3) is 2.90. The van der Waals surface area contributed by atoms with E-state index in [2.05, 4.69) is 77.5 Å². The largest absolute Gasteiger partial charge is 0.454 e. The topological polar surface area (TPSA) is 18.5 Å². The van der Waals surface area contributed by atoms with Gasteiger partial charge in [0.1, 0.15) is 3.66 Å². The van der Waals surface area contributed by atoms with Crippen molar-refractivity contribution in [3.8, 4) is 11.5 Å². The molecular weight excluding hydrogens is 372 g/mol. The van der Waals surface area contributed by atoms with Crippen LogP contribution in [0.2, 0.25) is 0 Å². The summed E-state index contributed by atoms with van der Waals surface area (Å²) >= 11 is 5.85. The maximum Gasteiger partial charge on any atom is 0.231 e. The number of hydrogen-bond donors (Lipinski definition) is 0. The molecule has 2 nitrogen and oxygen atoms in total. The van der Waals surface area contributed by atoms with E-state index < -0.39 is 0 Å². The van der Waals surface area contributed by atoms with Crippen molar-refractivity contribution in [1.29, 1.82) is 0 Å². The Balaban J connectivity index is 1.58. The molecule has 2 aliphatic heterocycles. The lowest BCUT2D eigenvalue weighted by atomic mass is 9.99. The molecule has 0 aromatic heterocycles. The average Bonchev–Trinajstić information content (AvgIpc) is 3.13. The molecule has 0 aliphatic carbocycles. The SMILES string of the molecule is CC1(Cc2ccccc2)C=CC(Br)(c2ccc3c(c2)OCO3)S1. The van der Waals surface area contributed by atoms with Gasteiger partial charge in [-0.2, -0.15) is 0 Å². The van der Waals surface area contributed by atoms with E-state index in [-0.39, 0.29) is 8.40 Å². The summed E-state index contributed by atoms with van der Waals surface area (Å²) in [6.45, 7) is 2.60. The molecule has 0 saturated heterocycles. The molecule has 0 radical (unpaired) electrons. The number of hydrogen-bond acceptors (Lipinski definition) is 3. The van der Waals surface area contributed by atoms with Gasteiger partial charge in [-0.3, -0.25) is 0 Å². The second-order valence-electron chi connectivity index (χ2n) is 6.12. The van der Waals surface area contributed by atoms with Crippen molar-refractivity contribution in [2.45, 2.75) is 21.7 Å². The van der Waals surface area contributed by atoms with Crippen molar-refractivity contribution in [2.75, 3.05) is 6.79 Å². The Labute approximate surface area is 149 Å². The van der Waals surface area contributed by atoms with Gasteiger partial charge in [-0.15, -0.1) is 11.8 Å². The Morgan fingerprint density at radius 1 is 1.04 bits per heavy atom. The number of alkyl halides is 1. The smallest absolute Gasteiger partial charge is 0.231 e. The van der Waals surface area contributed by atoms with E-state index in [0.717, 1.165) is 17.9 Å². The zero-order valence-electron chi connectivity index (χ0n) is 12.8. The van der Waals surface area contributed by atoms with Gasteiger partial charge in [0.25, 0.3) is 0 Å². The van der Waals surface area contributed by atoms with Crippen LogP contribution < -0.4 is 9.47 Å². The van der Waals surface area contributed by atoms with Gasteiger partial charge < -0.3 is 9.47 Å². The molecule has 2 unspecified atom stereocenters. The van der Waals surface area contributed by atoms with Crippen LogP contribution in [0.5, 0.6) is 11.5 Å². The molecule has 0 amide bonds. The zero-order chi connectivity index (χ0) is 15.9. The number of halogens is 1. The van der Waals surface area contributed by atoms with Crippen molar-refractivity contribution in [2.24, 2.45) is 0 Å². The minimum Gasteiger partial charge on any atom is -0.454 e. The summed E-state index contributed by atoms with van der Waals surface area (Å²) in [6.07, 6.45) is 5.56. The van der Waals surface area contributed by atoms with E-state index in [1.165, 1.54) is 11.1 Å². The van der Waals surface area contributed by atoms with Crippen LogP contribution in [0, 0.1) is 0 Å². The first-order chi connectivity index (χ1) is 11.1. The number of benzene rings is 2. The minimum atomic E-state index is -0.225. The molecule has 2 aromatic rings. The van der Waals surface area contributed by atoms with Gasteiger partial charge in [0.15, 0.2) is 11.5 Å². The molecule has 118 valence electrons. The highest BCUT2D eigenvalue weighted by atomic mass is 79.9. The van der Waals surface area contributed by atoms with E-state index >= 15 is 0 Å². The first kappa shape index (κ1) is 15.2. The number of ether oxygens (including phenoxy) is 2. The highest BCUT2D eigenvalue weighted by molar-refractivity contribution is 9.11. The molecule has 2 aromatic carbocycles. The van der Waals surface area contributed by atoms with Crippen LogP contribution >= 0.6 is 27.7 Å². The summed E-state index contributed by atoms with van der Waals surface area (Å²) in [5.74, 6) is 1.65. The van der Waals surface area contributed by atoms with E-state index in [9.17, 15) is 0 Å². The summed E-state index contributed by atoms with van der Waals surface area (Å²) < 4.78 is 10.8. The number of thioether (sulfide) groups is 1. The van der Waals surface area contributed by atoms with Crippen LogP contribution in [0.3, 0.4) is 0 Å². The fourth-order valence-corrected chi connectivity index (χ4v) is 5.97. The van der Waals surface area contributed by atoms with Crippen LogP contribution in [0.1, 0.15) is 18.1 Å². The van der Waals surface area contributed by atoms with Gasteiger partial charge in [-0.1, -0.05) is 64.5 Å². The van der Waals surface area contributed by atoms with Crippen molar-refractivity contribution >= 4 is 27.7 Å². The summed E-state index contributed by atoms with van der Waals surface area (Å²) in [4.78, 5) is 0. The minimum absolute atomic E-state index is 0.0568. The van der Waals surface area contributed by atoms with E-state index in [1.807, 2.05) is 17.8 Å². The predicted molar refractivity (Wildman–Crippen MR) is 98.5 cm³/mol. The maximum atomic E-state index is 5.51. The zero-order valence-corrected chi connectivity index (χ0v) is 15.2. The van der Waals surface area contributed by atoms with Gasteiger partial charge in [0, 0.05) is 4.75 Å². The fraction of sp³-hybridized carbons (Fsp3) is 0.263. The molecule has 0 N–H and O–H groups in total. The summed E-state index contributed by atoms with van der Waals surface area (Å²) in [6, 6.07) is 16.8. The van der Waals surface area contributed by atoms with Gasteiger partial charge >= 0.3 is 0 Å². The molecule has 0 bridgehead atoms. The Morgan fingerprint density at radius 3 is 2.65 bits per heavy atom. The van der Waals surface area contributed by atoms with Gasteiger partial charge in [-0.05, 0) is 36.6 Å². The van der Waals surface area contributed by atoms with Crippen molar-refractivity contribution in [3.05, 3.63) is 71.8 Å². The predicted octanol–water partition coefficient (Wildman–Crippen LogP) is 5.27. The second-order valence-corrected chi connectivity index (χ2v) is 9.68. The first-order valence-electron chi connectivity index (χ1n) is 7.60. The van der Waals surface area contributed by atoms with Crippen LogP contribution in [0.25, 0.3) is 0 Å². The molecule has 0 spiro atoms. The molecular formula is C19H17BrO2S. The first-order valence-corrected chi connectivity index (χ1v) is 9.21. The van der Waals surface area contributed by atoms with E-state index in [1.54, 1.807) is 0 Å². The normalized spacial score (nSPS) is 28.3. The van der Waals surface area contributed by atoms with Crippen molar-refractivity contribution < 1.29 is 9.47 Å². The molecule has 23 heavy (non-hydrogen) atoms. The maximum absolute atomic E-state index is 5.51. The van der Waals surface area contributed by atoms with Gasteiger partial charge in [0.05, 0.1) is 0 Å². The highest BCUT2D eigenvalue weighted by Gasteiger charge is 2.41. The fourth-order valence-electron chi connectivity index (χ4n) is 3.05.